The Hall–Kier alpha value is -1.87. The van der Waals surface area contributed by atoms with E-state index in [1.54, 1.807) is 6.20 Å². The van der Waals surface area contributed by atoms with E-state index in [0.717, 1.165) is 5.39 Å². The van der Waals surface area contributed by atoms with Gasteiger partial charge in [0.1, 0.15) is 5.82 Å². The molecule has 1 N–H and O–H groups in total. The first-order valence-corrected chi connectivity index (χ1v) is 5.47. The fraction of sp³-hybridized carbons (Fsp3) is 0.400. The Morgan fingerprint density at radius 1 is 1.59 bits per heavy atom. The molecule has 1 unspecified atom stereocenters. The van der Waals surface area contributed by atoms with Gasteiger partial charge in [-0.1, -0.05) is 0 Å². The molecule has 0 saturated carbocycles. The van der Waals surface area contributed by atoms with E-state index in [-0.39, 0.29) is 11.2 Å². The van der Waals surface area contributed by atoms with E-state index < -0.39 is 0 Å². The van der Waals surface area contributed by atoms with Gasteiger partial charge in [-0.25, -0.2) is 0 Å². The zero-order valence-corrected chi connectivity index (χ0v) is 10.2. The summed E-state index contributed by atoms with van der Waals surface area (Å²) in [6.45, 7) is 2.43. The van der Waals surface area contributed by atoms with Gasteiger partial charge in [-0.2, -0.15) is 20.3 Å². The van der Waals surface area contributed by atoms with Crippen molar-refractivity contribution >= 4 is 28.5 Å². The topological polar surface area (TPSA) is 81.5 Å². The van der Waals surface area contributed by atoms with Crippen LogP contribution in [0, 0.1) is 17.2 Å². The minimum Gasteiger partial charge on any atom is -0.358 e. The van der Waals surface area contributed by atoms with Gasteiger partial charge in [-0.15, -0.1) is 0 Å². The summed E-state index contributed by atoms with van der Waals surface area (Å²) in [5.41, 5.74) is 0.594. The smallest absolute Gasteiger partial charge is 0.226 e. The highest BCUT2D eigenvalue weighted by atomic mass is 35.5. The summed E-state index contributed by atoms with van der Waals surface area (Å²) in [4.78, 5) is 10.1. The van der Waals surface area contributed by atoms with Crippen molar-refractivity contribution < 1.29 is 0 Å². The maximum Gasteiger partial charge on any atom is 0.226 e. The highest BCUT2D eigenvalue weighted by Crippen LogP contribution is 2.23. The molecule has 0 saturated heterocycles. The van der Waals surface area contributed by atoms with E-state index in [4.69, 9.17) is 16.9 Å². The quantitative estimate of drug-likeness (QED) is 0.837. The highest BCUT2D eigenvalue weighted by molar-refractivity contribution is 6.28. The van der Waals surface area contributed by atoms with E-state index in [1.165, 1.54) is 0 Å². The number of hydrogen-bond acceptors (Lipinski definition) is 5. The Bertz CT molecular complexity index is 572. The van der Waals surface area contributed by atoms with Crippen molar-refractivity contribution in [3.05, 3.63) is 11.5 Å². The largest absolute Gasteiger partial charge is 0.358 e. The second kappa shape index (κ2) is 4.55. The van der Waals surface area contributed by atoms with Gasteiger partial charge < -0.3 is 4.90 Å². The molecule has 0 bridgehead atoms. The number of H-pyrrole nitrogens is 1. The number of anilines is 1. The van der Waals surface area contributed by atoms with Gasteiger partial charge in [-0.3, -0.25) is 5.10 Å². The molecule has 0 radical (unpaired) electrons. The maximum absolute atomic E-state index is 8.80. The van der Waals surface area contributed by atoms with Crippen molar-refractivity contribution in [2.24, 2.45) is 5.92 Å². The standard InChI is InChI=1S/C10H11ClN6/c1-6(3-12)5-17(2)9-7-4-13-16-8(7)14-10(11)15-9/h4,6H,5H2,1-2H3,(H,13,14,15,16). The van der Waals surface area contributed by atoms with Crippen molar-refractivity contribution in [2.45, 2.75) is 6.92 Å². The number of rotatable bonds is 3. The highest BCUT2D eigenvalue weighted by Gasteiger charge is 2.14. The third kappa shape index (κ3) is 2.29. The molecule has 2 aromatic heterocycles. The first-order chi connectivity index (χ1) is 8.11. The molecule has 2 aromatic rings. The second-order valence-corrected chi connectivity index (χ2v) is 4.20. The van der Waals surface area contributed by atoms with Gasteiger partial charge in [-0.05, 0) is 18.5 Å². The van der Waals surface area contributed by atoms with Crippen LogP contribution in [-0.2, 0) is 0 Å². The van der Waals surface area contributed by atoms with Crippen LogP contribution in [0.4, 0.5) is 5.82 Å². The van der Waals surface area contributed by atoms with Crippen LogP contribution < -0.4 is 4.90 Å². The zero-order valence-electron chi connectivity index (χ0n) is 9.48. The molecule has 0 fully saturated rings. The molecule has 0 aliphatic heterocycles. The summed E-state index contributed by atoms with van der Waals surface area (Å²) in [5.74, 6) is 0.589. The number of nitrogens with zero attached hydrogens (tertiary/aromatic N) is 5. The molecule has 6 nitrogen and oxygen atoms in total. The molecule has 2 rings (SSSR count). The van der Waals surface area contributed by atoms with Gasteiger partial charge in [0, 0.05) is 13.6 Å². The second-order valence-electron chi connectivity index (χ2n) is 3.86. The minimum atomic E-state index is -0.0873. The number of nitrogens with one attached hydrogen (secondary N) is 1. The Balaban J connectivity index is 2.40. The predicted molar refractivity (Wildman–Crippen MR) is 64.7 cm³/mol. The lowest BCUT2D eigenvalue weighted by Gasteiger charge is -2.19. The number of nitriles is 1. The normalized spacial score (nSPS) is 12.4. The fourth-order valence-electron chi connectivity index (χ4n) is 1.62. The minimum absolute atomic E-state index is 0.0873. The lowest BCUT2D eigenvalue weighted by Crippen LogP contribution is -2.24. The van der Waals surface area contributed by atoms with Crippen molar-refractivity contribution in [3.63, 3.8) is 0 Å². The van der Waals surface area contributed by atoms with Crippen molar-refractivity contribution in [1.29, 1.82) is 5.26 Å². The van der Waals surface area contributed by atoms with Crippen LogP contribution >= 0.6 is 11.6 Å². The Labute approximate surface area is 103 Å². The lowest BCUT2D eigenvalue weighted by atomic mass is 10.2. The van der Waals surface area contributed by atoms with E-state index in [9.17, 15) is 0 Å². The first kappa shape index (κ1) is 11.6. The Morgan fingerprint density at radius 3 is 3.06 bits per heavy atom. The molecule has 7 heteroatoms. The average molecular weight is 251 g/mol. The molecule has 0 spiro atoms. The SMILES string of the molecule is CC(C#N)CN(C)c1nc(Cl)nc2[nH]ncc12. The summed E-state index contributed by atoms with van der Waals surface area (Å²) in [6.07, 6.45) is 1.65. The summed E-state index contributed by atoms with van der Waals surface area (Å²) in [5, 5.41) is 16.4. The van der Waals surface area contributed by atoms with Crippen LogP contribution in [0.15, 0.2) is 6.20 Å². The number of halogens is 1. The summed E-state index contributed by atoms with van der Waals surface area (Å²) in [7, 11) is 1.86. The summed E-state index contributed by atoms with van der Waals surface area (Å²) < 4.78 is 0. The van der Waals surface area contributed by atoms with Crippen LogP contribution in [-0.4, -0.2) is 33.8 Å². The van der Waals surface area contributed by atoms with Crippen LogP contribution in [0.1, 0.15) is 6.92 Å². The molecule has 17 heavy (non-hydrogen) atoms. The van der Waals surface area contributed by atoms with Crippen molar-refractivity contribution in [3.8, 4) is 6.07 Å². The summed E-state index contributed by atoms with van der Waals surface area (Å²) >= 11 is 5.83. The molecule has 0 aliphatic carbocycles. The van der Waals surface area contributed by atoms with Gasteiger partial charge in [0.05, 0.1) is 23.6 Å². The summed E-state index contributed by atoms with van der Waals surface area (Å²) in [6, 6.07) is 2.18. The molecular formula is C10H11ClN6. The molecule has 0 aromatic carbocycles. The van der Waals surface area contributed by atoms with Gasteiger partial charge >= 0.3 is 0 Å². The number of fused-ring (bicyclic) bond motifs is 1. The molecule has 1 atom stereocenters. The third-order valence-electron chi connectivity index (χ3n) is 2.39. The van der Waals surface area contributed by atoms with E-state index in [2.05, 4.69) is 26.2 Å². The van der Waals surface area contributed by atoms with Gasteiger partial charge in [0.2, 0.25) is 5.28 Å². The van der Waals surface area contributed by atoms with Gasteiger partial charge in [0.15, 0.2) is 5.65 Å². The fourth-order valence-corrected chi connectivity index (χ4v) is 1.79. The zero-order chi connectivity index (χ0) is 12.4. The predicted octanol–water partition coefficient (Wildman–Crippen LogP) is 1.60. The average Bonchev–Trinajstić information content (AvgIpc) is 2.75. The number of aromatic nitrogens is 4. The molecule has 2 heterocycles. The van der Waals surface area contributed by atoms with E-state index >= 15 is 0 Å². The van der Waals surface area contributed by atoms with Crippen LogP contribution in [0.2, 0.25) is 5.28 Å². The maximum atomic E-state index is 8.80. The van der Waals surface area contributed by atoms with Crippen LogP contribution in [0.3, 0.4) is 0 Å². The lowest BCUT2D eigenvalue weighted by molar-refractivity contribution is 0.711. The van der Waals surface area contributed by atoms with Crippen LogP contribution in [0.5, 0.6) is 0 Å². The van der Waals surface area contributed by atoms with Gasteiger partial charge in [0.25, 0.3) is 0 Å². The molecule has 0 aliphatic rings. The van der Waals surface area contributed by atoms with E-state index in [1.807, 2.05) is 18.9 Å². The molecule has 88 valence electrons. The molecular weight excluding hydrogens is 240 g/mol. The van der Waals surface area contributed by atoms with E-state index in [0.29, 0.717) is 18.0 Å². The Morgan fingerprint density at radius 2 is 2.35 bits per heavy atom. The number of aromatic amines is 1. The third-order valence-corrected chi connectivity index (χ3v) is 2.56. The monoisotopic (exact) mass is 250 g/mol. The first-order valence-electron chi connectivity index (χ1n) is 5.09. The van der Waals surface area contributed by atoms with Crippen LogP contribution in [0.25, 0.3) is 11.0 Å². The van der Waals surface area contributed by atoms with Crippen molar-refractivity contribution in [1.82, 2.24) is 20.2 Å². The Kier molecular flexibility index (Phi) is 3.11. The molecule has 0 amide bonds. The number of hydrogen-bond donors (Lipinski definition) is 1. The van der Waals surface area contributed by atoms with Crippen molar-refractivity contribution in [2.75, 3.05) is 18.5 Å².